The van der Waals surface area contributed by atoms with Gasteiger partial charge in [0, 0.05) is 13.1 Å². The lowest BCUT2D eigenvalue weighted by atomic mass is 10.1. The normalized spacial score (nSPS) is 19.9. The number of morpholine rings is 1. The molecule has 1 aromatic carbocycles. The molecule has 1 aromatic rings. The van der Waals surface area contributed by atoms with Crippen molar-refractivity contribution < 1.29 is 9.47 Å². The van der Waals surface area contributed by atoms with E-state index >= 15 is 0 Å². The van der Waals surface area contributed by atoms with Gasteiger partial charge in [0.2, 0.25) is 0 Å². The first-order chi connectivity index (χ1) is 9.22. The Kier molecular flexibility index (Phi) is 4.78. The van der Waals surface area contributed by atoms with Crippen LogP contribution in [0.1, 0.15) is 18.1 Å². The summed E-state index contributed by atoms with van der Waals surface area (Å²) < 4.78 is 11.5. The SMILES string of the molecule is CCN1CCOC(COc2cc(C#N)ccc2C)C1. The van der Waals surface area contributed by atoms with Crippen molar-refractivity contribution in [3.63, 3.8) is 0 Å². The largest absolute Gasteiger partial charge is 0.491 e. The zero-order chi connectivity index (χ0) is 13.7. The molecule has 1 unspecified atom stereocenters. The van der Waals surface area contributed by atoms with Crippen LogP contribution >= 0.6 is 0 Å². The fourth-order valence-corrected chi connectivity index (χ4v) is 2.18. The van der Waals surface area contributed by atoms with Crippen molar-refractivity contribution in [1.29, 1.82) is 5.26 Å². The van der Waals surface area contributed by atoms with Gasteiger partial charge in [-0.15, -0.1) is 0 Å². The maximum Gasteiger partial charge on any atom is 0.123 e. The van der Waals surface area contributed by atoms with Crippen LogP contribution in [0.15, 0.2) is 18.2 Å². The first-order valence-corrected chi connectivity index (χ1v) is 6.70. The van der Waals surface area contributed by atoms with Crippen LogP contribution < -0.4 is 4.74 Å². The lowest BCUT2D eigenvalue weighted by molar-refractivity contribution is -0.0464. The quantitative estimate of drug-likeness (QED) is 0.830. The van der Waals surface area contributed by atoms with Gasteiger partial charge in [-0.05, 0) is 31.2 Å². The fourth-order valence-electron chi connectivity index (χ4n) is 2.18. The van der Waals surface area contributed by atoms with Crippen LogP contribution in [-0.4, -0.2) is 43.9 Å². The summed E-state index contributed by atoms with van der Waals surface area (Å²) in [6, 6.07) is 7.63. The minimum absolute atomic E-state index is 0.110. The van der Waals surface area contributed by atoms with Gasteiger partial charge >= 0.3 is 0 Å². The molecule has 0 radical (unpaired) electrons. The van der Waals surface area contributed by atoms with E-state index in [1.807, 2.05) is 13.0 Å². The molecule has 1 atom stereocenters. The molecular formula is C15H20N2O2. The predicted molar refractivity (Wildman–Crippen MR) is 73.2 cm³/mol. The van der Waals surface area contributed by atoms with Gasteiger partial charge in [-0.2, -0.15) is 5.26 Å². The first kappa shape index (κ1) is 13.9. The highest BCUT2D eigenvalue weighted by Crippen LogP contribution is 2.20. The summed E-state index contributed by atoms with van der Waals surface area (Å²) in [7, 11) is 0. The van der Waals surface area contributed by atoms with E-state index in [1.54, 1.807) is 12.1 Å². The Bertz CT molecular complexity index is 468. The van der Waals surface area contributed by atoms with Gasteiger partial charge in [0.15, 0.2) is 0 Å². The molecular weight excluding hydrogens is 240 g/mol. The molecule has 0 N–H and O–H groups in total. The number of benzene rings is 1. The van der Waals surface area contributed by atoms with Crippen molar-refractivity contribution >= 4 is 0 Å². The van der Waals surface area contributed by atoms with Crippen molar-refractivity contribution in [2.24, 2.45) is 0 Å². The molecule has 1 fully saturated rings. The number of aryl methyl sites for hydroxylation is 1. The van der Waals surface area contributed by atoms with Crippen molar-refractivity contribution in [2.75, 3.05) is 32.8 Å². The van der Waals surface area contributed by atoms with E-state index in [0.717, 1.165) is 37.6 Å². The molecule has 0 spiro atoms. The van der Waals surface area contributed by atoms with Gasteiger partial charge in [-0.25, -0.2) is 0 Å². The average molecular weight is 260 g/mol. The molecule has 0 aromatic heterocycles. The molecule has 1 aliphatic rings. The number of rotatable bonds is 4. The van der Waals surface area contributed by atoms with E-state index < -0.39 is 0 Å². The number of nitrogens with zero attached hydrogens (tertiary/aromatic N) is 2. The Morgan fingerprint density at radius 1 is 1.53 bits per heavy atom. The molecule has 2 rings (SSSR count). The van der Waals surface area contributed by atoms with Crippen LogP contribution in [-0.2, 0) is 4.74 Å². The number of ether oxygens (including phenoxy) is 2. The second-order valence-corrected chi connectivity index (χ2v) is 4.79. The highest BCUT2D eigenvalue weighted by atomic mass is 16.5. The first-order valence-electron chi connectivity index (χ1n) is 6.70. The number of nitriles is 1. The average Bonchev–Trinajstić information content (AvgIpc) is 2.46. The Hall–Kier alpha value is -1.57. The third-order valence-corrected chi connectivity index (χ3v) is 3.41. The van der Waals surface area contributed by atoms with Crippen LogP contribution in [0.4, 0.5) is 0 Å². The molecule has 0 aliphatic carbocycles. The van der Waals surface area contributed by atoms with Gasteiger partial charge in [-0.1, -0.05) is 13.0 Å². The number of likely N-dealkylation sites (N-methyl/N-ethyl adjacent to an activating group) is 1. The van der Waals surface area contributed by atoms with E-state index in [4.69, 9.17) is 14.7 Å². The van der Waals surface area contributed by atoms with Gasteiger partial charge in [-0.3, -0.25) is 4.90 Å². The van der Waals surface area contributed by atoms with Crippen molar-refractivity contribution in [3.05, 3.63) is 29.3 Å². The van der Waals surface area contributed by atoms with Gasteiger partial charge in [0.1, 0.15) is 18.5 Å². The Morgan fingerprint density at radius 2 is 2.37 bits per heavy atom. The lowest BCUT2D eigenvalue weighted by Gasteiger charge is -2.31. The fraction of sp³-hybridized carbons (Fsp3) is 0.533. The zero-order valence-corrected chi connectivity index (χ0v) is 11.6. The molecule has 0 amide bonds. The van der Waals surface area contributed by atoms with E-state index in [1.165, 1.54) is 0 Å². The van der Waals surface area contributed by atoms with E-state index in [-0.39, 0.29) is 6.10 Å². The summed E-state index contributed by atoms with van der Waals surface area (Å²) in [5, 5.41) is 8.90. The standard InChI is InChI=1S/C15H20N2O2/c1-3-17-6-7-18-14(10-17)11-19-15-8-13(9-16)5-4-12(15)2/h4-5,8,14H,3,6-7,10-11H2,1-2H3. The molecule has 4 nitrogen and oxygen atoms in total. The summed E-state index contributed by atoms with van der Waals surface area (Å²) in [5.41, 5.74) is 1.67. The molecule has 1 aliphatic heterocycles. The zero-order valence-electron chi connectivity index (χ0n) is 11.6. The van der Waals surface area contributed by atoms with Crippen LogP contribution in [0.2, 0.25) is 0 Å². The second kappa shape index (κ2) is 6.55. The summed E-state index contributed by atoms with van der Waals surface area (Å²) in [6.07, 6.45) is 0.110. The van der Waals surface area contributed by atoms with Crippen LogP contribution in [0.3, 0.4) is 0 Å². The lowest BCUT2D eigenvalue weighted by Crippen LogP contribution is -2.44. The third kappa shape index (κ3) is 3.69. The maximum absolute atomic E-state index is 8.90. The van der Waals surface area contributed by atoms with E-state index in [0.29, 0.717) is 12.2 Å². The van der Waals surface area contributed by atoms with Crippen LogP contribution in [0, 0.1) is 18.3 Å². The molecule has 19 heavy (non-hydrogen) atoms. The molecule has 102 valence electrons. The van der Waals surface area contributed by atoms with Crippen LogP contribution in [0.5, 0.6) is 5.75 Å². The summed E-state index contributed by atoms with van der Waals surface area (Å²) in [4.78, 5) is 2.36. The third-order valence-electron chi connectivity index (χ3n) is 3.41. The number of hydrogen-bond donors (Lipinski definition) is 0. The monoisotopic (exact) mass is 260 g/mol. The van der Waals surface area contributed by atoms with Gasteiger partial charge in [0.25, 0.3) is 0 Å². The Balaban J connectivity index is 1.93. The Morgan fingerprint density at radius 3 is 3.11 bits per heavy atom. The van der Waals surface area contributed by atoms with E-state index in [9.17, 15) is 0 Å². The van der Waals surface area contributed by atoms with Gasteiger partial charge < -0.3 is 9.47 Å². The summed E-state index contributed by atoms with van der Waals surface area (Å²) >= 11 is 0. The molecule has 1 heterocycles. The molecule has 0 bridgehead atoms. The van der Waals surface area contributed by atoms with Crippen molar-refractivity contribution in [2.45, 2.75) is 20.0 Å². The highest BCUT2D eigenvalue weighted by Gasteiger charge is 2.20. The molecule has 0 saturated carbocycles. The number of hydrogen-bond acceptors (Lipinski definition) is 4. The topological polar surface area (TPSA) is 45.5 Å². The Labute approximate surface area is 114 Å². The molecule has 1 saturated heterocycles. The smallest absolute Gasteiger partial charge is 0.123 e. The van der Waals surface area contributed by atoms with Crippen molar-refractivity contribution in [1.82, 2.24) is 4.90 Å². The highest BCUT2D eigenvalue weighted by molar-refractivity contribution is 5.41. The maximum atomic E-state index is 8.90. The van der Waals surface area contributed by atoms with Crippen LogP contribution in [0.25, 0.3) is 0 Å². The summed E-state index contributed by atoms with van der Waals surface area (Å²) in [5.74, 6) is 0.774. The van der Waals surface area contributed by atoms with Gasteiger partial charge in [0.05, 0.1) is 18.2 Å². The minimum atomic E-state index is 0.110. The predicted octanol–water partition coefficient (Wildman–Crippen LogP) is 1.97. The van der Waals surface area contributed by atoms with Crippen molar-refractivity contribution in [3.8, 4) is 11.8 Å². The van der Waals surface area contributed by atoms with E-state index in [2.05, 4.69) is 17.9 Å². The molecule has 4 heteroatoms. The second-order valence-electron chi connectivity index (χ2n) is 4.79. The minimum Gasteiger partial charge on any atom is -0.491 e. The summed E-state index contributed by atoms with van der Waals surface area (Å²) in [6.45, 7) is 8.39.